The van der Waals surface area contributed by atoms with Crippen molar-refractivity contribution in [2.24, 2.45) is 0 Å². The number of nitrogens with zero attached hydrogens (tertiary/aromatic N) is 1. The molecule has 0 aliphatic rings. The molecule has 0 atom stereocenters. The van der Waals surface area contributed by atoms with Gasteiger partial charge in [-0.3, -0.25) is 0 Å². The summed E-state index contributed by atoms with van der Waals surface area (Å²) in [5, 5.41) is 0. The molecule has 0 bridgehead atoms. The summed E-state index contributed by atoms with van der Waals surface area (Å²) in [6, 6.07) is 15.6. The van der Waals surface area contributed by atoms with Gasteiger partial charge in [0.25, 0.3) is 0 Å². The Morgan fingerprint density at radius 1 is 1.00 bits per heavy atom. The summed E-state index contributed by atoms with van der Waals surface area (Å²) in [5.41, 5.74) is 1.41. The summed E-state index contributed by atoms with van der Waals surface area (Å²) in [5.74, 6) is 0.979. The molecule has 0 heterocycles. The summed E-state index contributed by atoms with van der Waals surface area (Å²) in [6.45, 7) is 10.4. The second-order valence-corrected chi connectivity index (χ2v) is 9.69. The summed E-state index contributed by atoms with van der Waals surface area (Å²) in [4.78, 5) is 13.5. The Hall–Kier alpha value is -1.79. The predicted octanol–water partition coefficient (Wildman–Crippen LogP) is 6.56. The Morgan fingerprint density at radius 3 is 2.15 bits per heavy atom. The van der Waals surface area contributed by atoms with Crippen LogP contribution in [0.3, 0.4) is 0 Å². The molecule has 6 heteroatoms. The molecule has 4 nitrogen and oxygen atoms in total. The van der Waals surface area contributed by atoms with Gasteiger partial charge in [-0.2, -0.15) is 0 Å². The van der Waals surface area contributed by atoms with Crippen LogP contribution in [0.5, 0.6) is 11.5 Å². The molecular formula is C21H27NO3S2. The number of para-hydroxylation sites is 2. The molecular weight excluding hydrogens is 378 g/mol. The van der Waals surface area contributed by atoms with Gasteiger partial charge < -0.3 is 9.47 Å². The second kappa shape index (κ2) is 9.42. The third kappa shape index (κ3) is 6.70. The van der Waals surface area contributed by atoms with Crippen LogP contribution in [0.4, 0.5) is 4.79 Å². The molecule has 2 aromatic carbocycles. The van der Waals surface area contributed by atoms with E-state index in [-0.39, 0.29) is 11.5 Å². The van der Waals surface area contributed by atoms with E-state index in [0.717, 1.165) is 4.90 Å². The maximum atomic E-state index is 12.4. The van der Waals surface area contributed by atoms with Gasteiger partial charge in [-0.25, -0.2) is 9.10 Å². The summed E-state index contributed by atoms with van der Waals surface area (Å²) in [6.07, 6.45) is -0.442. The molecule has 2 aromatic rings. The smallest absolute Gasteiger partial charge is 0.425 e. The quantitative estimate of drug-likeness (QED) is 0.402. The van der Waals surface area contributed by atoms with Crippen molar-refractivity contribution in [3.8, 4) is 11.5 Å². The largest absolute Gasteiger partial charge is 0.487 e. The highest BCUT2D eigenvalue weighted by molar-refractivity contribution is 8.75. The highest BCUT2D eigenvalue weighted by Crippen LogP contribution is 2.35. The van der Waals surface area contributed by atoms with E-state index in [1.807, 2.05) is 26.0 Å². The number of hydrogen-bond donors (Lipinski definition) is 0. The Kier molecular flexibility index (Phi) is 7.50. The minimum Gasteiger partial charge on any atom is -0.487 e. The minimum absolute atomic E-state index is 0.00332. The fourth-order valence-corrected chi connectivity index (χ4v) is 3.84. The lowest BCUT2D eigenvalue weighted by Crippen LogP contribution is -2.23. The highest BCUT2D eigenvalue weighted by atomic mass is 33.1. The first-order chi connectivity index (χ1) is 12.7. The van der Waals surface area contributed by atoms with E-state index in [1.165, 1.54) is 31.6 Å². The number of ether oxygens (including phenoxy) is 2. The average molecular weight is 406 g/mol. The van der Waals surface area contributed by atoms with Gasteiger partial charge in [0.05, 0.1) is 6.10 Å². The lowest BCUT2D eigenvalue weighted by Gasteiger charge is -2.19. The van der Waals surface area contributed by atoms with Crippen LogP contribution >= 0.6 is 21.8 Å². The molecule has 0 aliphatic carbocycles. The van der Waals surface area contributed by atoms with Crippen LogP contribution in [-0.4, -0.2) is 23.6 Å². The zero-order valence-corrected chi connectivity index (χ0v) is 18.3. The summed E-state index contributed by atoms with van der Waals surface area (Å²) >= 11 is 0. The van der Waals surface area contributed by atoms with Crippen LogP contribution in [0.25, 0.3) is 0 Å². The molecule has 2 rings (SSSR count). The molecule has 0 unspecified atom stereocenters. The fourth-order valence-electron chi connectivity index (χ4n) is 2.18. The van der Waals surface area contributed by atoms with Crippen molar-refractivity contribution in [2.75, 3.05) is 7.05 Å². The van der Waals surface area contributed by atoms with Gasteiger partial charge in [0, 0.05) is 22.9 Å². The normalized spacial score (nSPS) is 11.4. The highest BCUT2D eigenvalue weighted by Gasteiger charge is 2.17. The zero-order valence-electron chi connectivity index (χ0n) is 16.7. The van der Waals surface area contributed by atoms with Gasteiger partial charge in [0.2, 0.25) is 0 Å². The number of amides is 1. The van der Waals surface area contributed by atoms with Crippen molar-refractivity contribution in [1.82, 2.24) is 4.31 Å². The third-order valence-corrected chi connectivity index (χ3v) is 6.02. The van der Waals surface area contributed by atoms with E-state index in [0.29, 0.717) is 11.5 Å². The minimum atomic E-state index is -0.446. The molecule has 0 saturated carbocycles. The fraction of sp³-hybridized carbons (Fsp3) is 0.381. The van der Waals surface area contributed by atoms with Crippen molar-refractivity contribution < 1.29 is 14.3 Å². The standard InChI is InChI=1S/C21H27NO3S2/c1-15(2)24-18-9-7-8-10-19(18)25-20(23)22(6)27-26-17-13-11-16(12-14-17)21(3,4)5/h7-15H,1-6H3. The summed E-state index contributed by atoms with van der Waals surface area (Å²) < 4.78 is 12.6. The number of carbonyl (C=O) groups is 1. The van der Waals surface area contributed by atoms with E-state index < -0.39 is 6.09 Å². The molecule has 1 amide bonds. The molecule has 0 fully saturated rings. The van der Waals surface area contributed by atoms with Gasteiger partial charge in [0.1, 0.15) is 0 Å². The first-order valence-corrected chi connectivity index (χ1v) is 10.9. The van der Waals surface area contributed by atoms with Gasteiger partial charge in [0.15, 0.2) is 11.5 Å². The zero-order chi connectivity index (χ0) is 20.0. The third-order valence-electron chi connectivity index (χ3n) is 3.63. The number of carbonyl (C=O) groups excluding carboxylic acids is 1. The number of rotatable bonds is 6. The Morgan fingerprint density at radius 2 is 1.59 bits per heavy atom. The Balaban J connectivity index is 1.93. The SMILES string of the molecule is CC(C)Oc1ccccc1OC(=O)N(C)SSc1ccc(C(C)(C)C)cc1. The summed E-state index contributed by atoms with van der Waals surface area (Å²) in [7, 11) is 4.53. The first-order valence-electron chi connectivity index (χ1n) is 8.83. The first kappa shape index (κ1) is 21.5. The van der Waals surface area contributed by atoms with E-state index in [2.05, 4.69) is 45.0 Å². The van der Waals surface area contributed by atoms with Gasteiger partial charge in [-0.1, -0.05) is 45.0 Å². The average Bonchev–Trinajstić information content (AvgIpc) is 2.60. The van der Waals surface area contributed by atoms with Gasteiger partial charge >= 0.3 is 6.09 Å². The van der Waals surface area contributed by atoms with Crippen LogP contribution in [0.1, 0.15) is 40.2 Å². The van der Waals surface area contributed by atoms with Crippen LogP contribution in [0, 0.1) is 0 Å². The second-order valence-electron chi connectivity index (χ2n) is 7.41. The van der Waals surface area contributed by atoms with Crippen molar-refractivity contribution in [3.05, 3.63) is 54.1 Å². The van der Waals surface area contributed by atoms with Crippen LogP contribution in [0.15, 0.2) is 53.4 Å². The van der Waals surface area contributed by atoms with Crippen molar-refractivity contribution in [3.63, 3.8) is 0 Å². The van der Waals surface area contributed by atoms with E-state index in [9.17, 15) is 4.79 Å². The molecule has 0 N–H and O–H groups in total. The van der Waals surface area contributed by atoms with Crippen LogP contribution < -0.4 is 9.47 Å². The van der Waals surface area contributed by atoms with E-state index >= 15 is 0 Å². The number of hydrogen-bond acceptors (Lipinski definition) is 5. The van der Waals surface area contributed by atoms with Crippen molar-refractivity contribution >= 4 is 27.9 Å². The molecule has 0 saturated heterocycles. The number of benzene rings is 2. The molecule has 0 radical (unpaired) electrons. The molecule has 146 valence electrons. The van der Waals surface area contributed by atoms with Gasteiger partial charge in [-0.05, 0) is 59.9 Å². The maximum absolute atomic E-state index is 12.4. The van der Waals surface area contributed by atoms with Crippen molar-refractivity contribution in [1.29, 1.82) is 0 Å². The molecule has 0 aliphatic heterocycles. The molecule has 27 heavy (non-hydrogen) atoms. The maximum Gasteiger partial charge on any atom is 0.425 e. The lowest BCUT2D eigenvalue weighted by molar-refractivity contribution is 0.180. The predicted molar refractivity (Wildman–Crippen MR) is 115 cm³/mol. The van der Waals surface area contributed by atoms with Crippen LogP contribution in [-0.2, 0) is 5.41 Å². The molecule has 0 aromatic heterocycles. The topological polar surface area (TPSA) is 38.8 Å². The van der Waals surface area contributed by atoms with Crippen molar-refractivity contribution in [2.45, 2.75) is 51.0 Å². The lowest BCUT2D eigenvalue weighted by atomic mass is 9.87. The Bertz CT molecular complexity index is 755. The monoisotopic (exact) mass is 405 g/mol. The van der Waals surface area contributed by atoms with E-state index in [4.69, 9.17) is 9.47 Å². The van der Waals surface area contributed by atoms with E-state index in [1.54, 1.807) is 19.2 Å². The Labute approximate surface area is 170 Å². The molecule has 0 spiro atoms. The van der Waals surface area contributed by atoms with Gasteiger partial charge in [-0.15, -0.1) is 0 Å². The van der Waals surface area contributed by atoms with Crippen LogP contribution in [0.2, 0.25) is 0 Å².